The van der Waals surface area contributed by atoms with Crippen molar-refractivity contribution >= 4 is 18.5 Å². The molecule has 1 aliphatic heterocycles. The first-order valence-electron chi connectivity index (χ1n) is 7.13. The molecule has 4 heteroatoms. The van der Waals surface area contributed by atoms with Crippen LogP contribution in [-0.2, 0) is 4.79 Å². The van der Waals surface area contributed by atoms with Gasteiger partial charge in [0.15, 0.2) is 0 Å². The smallest absolute Gasteiger partial charge is 0.235 e. The quantitative estimate of drug-likeness (QED) is 0.755. The summed E-state index contributed by atoms with van der Waals surface area (Å²) in [5.74, 6) is 0.672. The first-order chi connectivity index (χ1) is 8.44. The van der Waals surface area contributed by atoms with E-state index in [-0.39, 0.29) is 23.0 Å². The fraction of sp³-hybridized carbons (Fsp3) is 0.929. The SMILES string of the molecule is CC(C)C(S)C(=O)N1CCC2(O)CCCCC2C1. The average molecular weight is 271 g/mol. The minimum absolute atomic E-state index is 0.140. The Bertz CT molecular complexity index is 321. The van der Waals surface area contributed by atoms with E-state index in [1.54, 1.807) is 0 Å². The minimum atomic E-state index is -0.501. The highest BCUT2D eigenvalue weighted by molar-refractivity contribution is 7.81. The molecule has 1 aliphatic carbocycles. The lowest BCUT2D eigenvalue weighted by molar-refractivity contribution is -0.143. The Kier molecular flexibility index (Phi) is 4.27. The summed E-state index contributed by atoms with van der Waals surface area (Å²) in [4.78, 5) is 14.2. The van der Waals surface area contributed by atoms with Crippen LogP contribution in [0.2, 0.25) is 0 Å². The lowest BCUT2D eigenvalue weighted by atomic mass is 9.71. The van der Waals surface area contributed by atoms with E-state index < -0.39 is 5.60 Å². The normalized spacial score (nSPS) is 34.3. The molecule has 2 aliphatic rings. The van der Waals surface area contributed by atoms with Gasteiger partial charge in [0, 0.05) is 19.0 Å². The molecule has 3 atom stereocenters. The molecular formula is C14H25NO2S. The van der Waals surface area contributed by atoms with Crippen LogP contribution in [0.1, 0.15) is 46.0 Å². The molecule has 104 valence electrons. The molecular weight excluding hydrogens is 246 g/mol. The molecule has 1 saturated carbocycles. The van der Waals surface area contributed by atoms with Gasteiger partial charge in [0.25, 0.3) is 0 Å². The van der Waals surface area contributed by atoms with Gasteiger partial charge in [0.1, 0.15) is 0 Å². The van der Waals surface area contributed by atoms with Crippen molar-refractivity contribution in [1.82, 2.24) is 4.90 Å². The maximum absolute atomic E-state index is 12.3. The highest BCUT2D eigenvalue weighted by atomic mass is 32.1. The number of likely N-dealkylation sites (tertiary alicyclic amines) is 1. The van der Waals surface area contributed by atoms with E-state index in [1.807, 2.05) is 18.7 Å². The molecule has 1 saturated heterocycles. The van der Waals surface area contributed by atoms with Crippen LogP contribution in [0.3, 0.4) is 0 Å². The monoisotopic (exact) mass is 271 g/mol. The van der Waals surface area contributed by atoms with Gasteiger partial charge in [-0.25, -0.2) is 0 Å². The van der Waals surface area contributed by atoms with Gasteiger partial charge in [0.2, 0.25) is 5.91 Å². The molecule has 2 fully saturated rings. The zero-order valence-electron chi connectivity index (χ0n) is 11.4. The largest absolute Gasteiger partial charge is 0.389 e. The van der Waals surface area contributed by atoms with Crippen molar-refractivity contribution in [3.8, 4) is 0 Å². The summed E-state index contributed by atoms with van der Waals surface area (Å²) in [5, 5.41) is 10.4. The second-order valence-corrected chi connectivity index (χ2v) is 6.83. The first-order valence-corrected chi connectivity index (χ1v) is 7.65. The van der Waals surface area contributed by atoms with Crippen LogP contribution in [0.5, 0.6) is 0 Å². The molecule has 0 aromatic carbocycles. The van der Waals surface area contributed by atoms with Gasteiger partial charge in [-0.1, -0.05) is 26.7 Å². The van der Waals surface area contributed by atoms with Gasteiger partial charge in [-0.15, -0.1) is 0 Å². The molecule has 3 unspecified atom stereocenters. The van der Waals surface area contributed by atoms with Gasteiger partial charge >= 0.3 is 0 Å². The Morgan fingerprint density at radius 1 is 1.39 bits per heavy atom. The van der Waals surface area contributed by atoms with Crippen molar-refractivity contribution in [3.63, 3.8) is 0 Å². The van der Waals surface area contributed by atoms with E-state index >= 15 is 0 Å². The van der Waals surface area contributed by atoms with Crippen molar-refractivity contribution < 1.29 is 9.90 Å². The van der Waals surface area contributed by atoms with Crippen molar-refractivity contribution in [2.75, 3.05) is 13.1 Å². The summed E-state index contributed by atoms with van der Waals surface area (Å²) < 4.78 is 0. The predicted molar refractivity (Wildman–Crippen MR) is 75.7 cm³/mol. The maximum Gasteiger partial charge on any atom is 0.235 e. The van der Waals surface area contributed by atoms with Crippen LogP contribution >= 0.6 is 12.6 Å². The number of aliphatic hydroxyl groups is 1. The van der Waals surface area contributed by atoms with Crippen LogP contribution in [-0.4, -0.2) is 39.9 Å². The second kappa shape index (κ2) is 5.41. The maximum atomic E-state index is 12.3. The Labute approximate surface area is 115 Å². The van der Waals surface area contributed by atoms with Crippen LogP contribution in [0.25, 0.3) is 0 Å². The molecule has 3 nitrogen and oxygen atoms in total. The molecule has 0 aromatic heterocycles. The van der Waals surface area contributed by atoms with Crippen molar-refractivity contribution in [2.45, 2.75) is 56.8 Å². The lowest BCUT2D eigenvalue weighted by Gasteiger charge is -2.47. The minimum Gasteiger partial charge on any atom is -0.389 e. The number of rotatable bonds is 2. The Morgan fingerprint density at radius 2 is 2.11 bits per heavy atom. The predicted octanol–water partition coefficient (Wildman–Crippen LogP) is 2.09. The number of carbonyl (C=O) groups is 1. The topological polar surface area (TPSA) is 40.5 Å². The molecule has 1 N–H and O–H groups in total. The number of carbonyl (C=O) groups excluding carboxylic acids is 1. The van der Waals surface area contributed by atoms with E-state index in [9.17, 15) is 9.90 Å². The number of thiol groups is 1. The van der Waals surface area contributed by atoms with E-state index in [2.05, 4.69) is 12.6 Å². The zero-order chi connectivity index (χ0) is 13.3. The highest BCUT2D eigenvalue weighted by Crippen LogP contribution is 2.40. The first kappa shape index (κ1) is 14.2. The van der Waals surface area contributed by atoms with Crippen LogP contribution in [0, 0.1) is 11.8 Å². The number of amides is 1. The summed E-state index contributed by atoms with van der Waals surface area (Å²) >= 11 is 4.42. The summed E-state index contributed by atoms with van der Waals surface area (Å²) in [6, 6.07) is 0. The molecule has 0 radical (unpaired) electrons. The summed E-state index contributed by atoms with van der Waals surface area (Å²) in [6.45, 7) is 5.46. The molecule has 1 heterocycles. The van der Waals surface area contributed by atoms with Crippen molar-refractivity contribution in [1.29, 1.82) is 0 Å². The van der Waals surface area contributed by atoms with Crippen molar-refractivity contribution in [2.24, 2.45) is 11.8 Å². The lowest BCUT2D eigenvalue weighted by Crippen LogP contribution is -2.56. The Morgan fingerprint density at radius 3 is 2.78 bits per heavy atom. The summed E-state index contributed by atoms with van der Waals surface area (Å²) in [5.41, 5.74) is -0.501. The van der Waals surface area contributed by atoms with Gasteiger partial charge in [-0.05, 0) is 25.2 Å². The molecule has 2 rings (SSSR count). The second-order valence-electron chi connectivity index (χ2n) is 6.27. The fourth-order valence-electron chi connectivity index (χ4n) is 3.24. The summed E-state index contributed by atoms with van der Waals surface area (Å²) in [7, 11) is 0. The van der Waals surface area contributed by atoms with E-state index in [0.29, 0.717) is 6.54 Å². The van der Waals surface area contributed by atoms with Gasteiger partial charge < -0.3 is 10.0 Å². The number of piperidine rings is 1. The van der Waals surface area contributed by atoms with Crippen LogP contribution in [0.15, 0.2) is 0 Å². The average Bonchev–Trinajstić information content (AvgIpc) is 2.35. The summed E-state index contributed by atoms with van der Waals surface area (Å²) in [6.07, 6.45) is 5.01. The zero-order valence-corrected chi connectivity index (χ0v) is 12.3. The van der Waals surface area contributed by atoms with Gasteiger partial charge in [-0.3, -0.25) is 4.79 Å². The molecule has 1 amide bonds. The fourth-order valence-corrected chi connectivity index (χ4v) is 3.41. The van der Waals surface area contributed by atoms with E-state index in [0.717, 1.165) is 32.2 Å². The Balaban J connectivity index is 2.00. The van der Waals surface area contributed by atoms with Gasteiger partial charge in [-0.2, -0.15) is 12.6 Å². The highest BCUT2D eigenvalue weighted by Gasteiger charge is 2.44. The molecule has 18 heavy (non-hydrogen) atoms. The standard InChI is InChI=1S/C14H25NO2S/c1-10(2)12(18)13(16)15-8-7-14(17)6-4-3-5-11(14)9-15/h10-12,17-18H,3-9H2,1-2H3. The number of hydrogen-bond acceptors (Lipinski definition) is 3. The Hall–Kier alpha value is -0.220. The molecule has 0 bridgehead atoms. The van der Waals surface area contributed by atoms with Crippen molar-refractivity contribution in [3.05, 3.63) is 0 Å². The van der Waals surface area contributed by atoms with Crippen LogP contribution < -0.4 is 0 Å². The number of fused-ring (bicyclic) bond motifs is 1. The third kappa shape index (κ3) is 2.69. The van der Waals surface area contributed by atoms with Gasteiger partial charge in [0.05, 0.1) is 10.9 Å². The number of nitrogens with zero attached hydrogens (tertiary/aromatic N) is 1. The third-order valence-electron chi connectivity index (χ3n) is 4.62. The van der Waals surface area contributed by atoms with E-state index in [1.165, 1.54) is 6.42 Å². The van der Waals surface area contributed by atoms with E-state index in [4.69, 9.17) is 0 Å². The number of hydrogen-bond donors (Lipinski definition) is 2. The third-order valence-corrected chi connectivity index (χ3v) is 5.44. The molecule has 0 spiro atoms. The molecule has 0 aromatic rings. The van der Waals surface area contributed by atoms with Crippen LogP contribution in [0.4, 0.5) is 0 Å².